The number of benzene rings is 2. The monoisotopic (exact) mass is 403 g/mol. The fraction of sp³-hybridized carbons (Fsp3) is 0.381. The van der Waals surface area contributed by atoms with Crippen molar-refractivity contribution < 1.29 is 23.0 Å². The Morgan fingerprint density at radius 3 is 2.14 bits per heavy atom. The van der Waals surface area contributed by atoms with E-state index in [4.69, 9.17) is 9.47 Å². The van der Waals surface area contributed by atoms with E-state index in [1.165, 1.54) is 6.07 Å². The second kappa shape index (κ2) is 8.75. The standard InChI is InChI=1S/C21H23F2N3O3/c22-17-3-1-15(13-18(17)23)21(27)24-19-4-2-16(25-5-9-28-10-6-25)14-20(19)26-7-11-29-12-8-26/h1-4,13-14H,5-12H2,(H,24,27). The number of amides is 1. The molecule has 8 heteroatoms. The van der Waals surface area contributed by atoms with Crippen LogP contribution in [0.1, 0.15) is 10.4 Å². The lowest BCUT2D eigenvalue weighted by molar-refractivity contribution is 0.102. The van der Waals surface area contributed by atoms with E-state index >= 15 is 0 Å². The zero-order chi connectivity index (χ0) is 20.2. The topological polar surface area (TPSA) is 54.0 Å². The molecule has 0 aromatic heterocycles. The number of carbonyl (C=O) groups excluding carboxylic acids is 1. The van der Waals surface area contributed by atoms with Gasteiger partial charge >= 0.3 is 0 Å². The first kappa shape index (κ1) is 19.6. The second-order valence-electron chi connectivity index (χ2n) is 6.98. The van der Waals surface area contributed by atoms with E-state index < -0.39 is 17.5 Å². The molecular formula is C21H23F2N3O3. The molecule has 0 bridgehead atoms. The number of hydrogen-bond acceptors (Lipinski definition) is 5. The Morgan fingerprint density at radius 2 is 1.48 bits per heavy atom. The Labute approximate surface area is 168 Å². The molecule has 1 N–H and O–H groups in total. The summed E-state index contributed by atoms with van der Waals surface area (Å²) in [7, 11) is 0. The summed E-state index contributed by atoms with van der Waals surface area (Å²) in [6.45, 7) is 5.62. The van der Waals surface area contributed by atoms with Crippen molar-refractivity contribution in [2.45, 2.75) is 0 Å². The van der Waals surface area contributed by atoms with Gasteiger partial charge in [-0.15, -0.1) is 0 Å². The van der Waals surface area contributed by atoms with Crippen molar-refractivity contribution in [3.8, 4) is 0 Å². The maximum Gasteiger partial charge on any atom is 0.255 e. The minimum atomic E-state index is -1.05. The van der Waals surface area contributed by atoms with E-state index in [0.29, 0.717) is 45.2 Å². The van der Waals surface area contributed by atoms with Crippen LogP contribution in [-0.2, 0) is 9.47 Å². The zero-order valence-corrected chi connectivity index (χ0v) is 16.0. The Balaban J connectivity index is 1.61. The third-order valence-corrected chi connectivity index (χ3v) is 5.14. The van der Waals surface area contributed by atoms with Gasteiger partial charge in [-0.1, -0.05) is 0 Å². The van der Waals surface area contributed by atoms with Crippen LogP contribution in [0.15, 0.2) is 36.4 Å². The van der Waals surface area contributed by atoms with Crippen LogP contribution in [0.25, 0.3) is 0 Å². The molecule has 0 atom stereocenters. The Kier molecular flexibility index (Phi) is 5.92. The van der Waals surface area contributed by atoms with Crippen LogP contribution in [0.4, 0.5) is 25.8 Å². The summed E-state index contributed by atoms with van der Waals surface area (Å²) < 4.78 is 37.6. The van der Waals surface area contributed by atoms with Crippen LogP contribution >= 0.6 is 0 Å². The van der Waals surface area contributed by atoms with Crippen LogP contribution in [0.5, 0.6) is 0 Å². The third kappa shape index (κ3) is 4.49. The van der Waals surface area contributed by atoms with E-state index in [-0.39, 0.29) is 5.56 Å². The van der Waals surface area contributed by atoms with Crippen molar-refractivity contribution in [1.82, 2.24) is 0 Å². The lowest BCUT2D eigenvalue weighted by atomic mass is 10.1. The van der Waals surface area contributed by atoms with Crippen LogP contribution in [0.3, 0.4) is 0 Å². The highest BCUT2D eigenvalue weighted by Crippen LogP contribution is 2.32. The minimum Gasteiger partial charge on any atom is -0.378 e. The highest BCUT2D eigenvalue weighted by molar-refractivity contribution is 6.06. The summed E-state index contributed by atoms with van der Waals surface area (Å²) in [6, 6.07) is 8.99. The highest BCUT2D eigenvalue weighted by Gasteiger charge is 2.20. The van der Waals surface area contributed by atoms with Gasteiger partial charge in [0, 0.05) is 37.4 Å². The quantitative estimate of drug-likeness (QED) is 0.851. The van der Waals surface area contributed by atoms with Crippen molar-refractivity contribution in [1.29, 1.82) is 0 Å². The van der Waals surface area contributed by atoms with Gasteiger partial charge in [0.2, 0.25) is 0 Å². The van der Waals surface area contributed by atoms with Gasteiger partial charge < -0.3 is 24.6 Å². The summed E-state index contributed by atoms with van der Waals surface area (Å²) in [6.07, 6.45) is 0. The molecular weight excluding hydrogens is 380 g/mol. The summed E-state index contributed by atoms with van der Waals surface area (Å²) in [5, 5.41) is 2.85. The molecule has 0 unspecified atom stereocenters. The number of rotatable bonds is 4. The number of hydrogen-bond donors (Lipinski definition) is 1. The lowest BCUT2D eigenvalue weighted by Gasteiger charge is -2.33. The van der Waals surface area contributed by atoms with Crippen molar-refractivity contribution in [3.63, 3.8) is 0 Å². The number of nitrogens with one attached hydrogen (secondary N) is 1. The molecule has 0 saturated carbocycles. The summed E-state index contributed by atoms with van der Waals surface area (Å²) in [4.78, 5) is 17.0. The number of halogens is 2. The van der Waals surface area contributed by atoms with Gasteiger partial charge in [0.05, 0.1) is 37.8 Å². The van der Waals surface area contributed by atoms with Gasteiger partial charge in [0.1, 0.15) is 0 Å². The van der Waals surface area contributed by atoms with Crippen molar-refractivity contribution in [3.05, 3.63) is 53.6 Å². The first-order valence-corrected chi connectivity index (χ1v) is 9.67. The van der Waals surface area contributed by atoms with Crippen LogP contribution < -0.4 is 15.1 Å². The van der Waals surface area contributed by atoms with E-state index in [0.717, 1.165) is 36.6 Å². The zero-order valence-electron chi connectivity index (χ0n) is 16.0. The van der Waals surface area contributed by atoms with Crippen LogP contribution in [-0.4, -0.2) is 58.5 Å². The van der Waals surface area contributed by atoms with Crippen molar-refractivity contribution in [2.24, 2.45) is 0 Å². The Bertz CT molecular complexity index is 881. The molecule has 6 nitrogen and oxygen atoms in total. The van der Waals surface area contributed by atoms with Crippen molar-refractivity contribution in [2.75, 3.05) is 67.7 Å². The maximum atomic E-state index is 13.5. The molecule has 0 spiro atoms. The molecule has 2 fully saturated rings. The first-order valence-electron chi connectivity index (χ1n) is 9.67. The molecule has 1 amide bonds. The highest BCUT2D eigenvalue weighted by atomic mass is 19.2. The normalized spacial score (nSPS) is 17.3. The predicted molar refractivity (Wildman–Crippen MR) is 107 cm³/mol. The summed E-state index contributed by atoms with van der Waals surface area (Å²) >= 11 is 0. The first-order chi connectivity index (χ1) is 14.1. The Morgan fingerprint density at radius 1 is 0.828 bits per heavy atom. The molecule has 4 rings (SSSR count). The lowest BCUT2D eigenvalue weighted by Crippen LogP contribution is -2.38. The van der Waals surface area contributed by atoms with E-state index in [2.05, 4.69) is 21.2 Å². The number of nitrogens with zero attached hydrogens (tertiary/aromatic N) is 2. The second-order valence-corrected chi connectivity index (χ2v) is 6.98. The molecule has 2 aliphatic rings. The molecule has 2 saturated heterocycles. The van der Waals surface area contributed by atoms with Gasteiger partial charge in [0.25, 0.3) is 5.91 Å². The van der Waals surface area contributed by atoms with Gasteiger partial charge in [0.15, 0.2) is 11.6 Å². The van der Waals surface area contributed by atoms with Crippen molar-refractivity contribution >= 4 is 23.0 Å². The average molecular weight is 403 g/mol. The van der Waals surface area contributed by atoms with Gasteiger partial charge in [-0.05, 0) is 36.4 Å². The molecule has 154 valence electrons. The smallest absolute Gasteiger partial charge is 0.255 e. The minimum absolute atomic E-state index is 0.0640. The Hall–Kier alpha value is -2.71. The maximum absolute atomic E-state index is 13.5. The number of carbonyl (C=O) groups is 1. The number of morpholine rings is 2. The molecule has 2 heterocycles. The van der Waals surface area contributed by atoms with Gasteiger partial charge in [-0.25, -0.2) is 8.78 Å². The van der Waals surface area contributed by atoms with E-state index in [1.807, 2.05) is 12.1 Å². The fourth-order valence-electron chi connectivity index (χ4n) is 3.54. The molecule has 0 aliphatic carbocycles. The molecule has 2 aromatic carbocycles. The molecule has 0 radical (unpaired) electrons. The third-order valence-electron chi connectivity index (χ3n) is 5.14. The van der Waals surface area contributed by atoms with Gasteiger partial charge in [-0.2, -0.15) is 0 Å². The van der Waals surface area contributed by atoms with Gasteiger partial charge in [-0.3, -0.25) is 4.79 Å². The largest absolute Gasteiger partial charge is 0.378 e. The number of anilines is 3. The van der Waals surface area contributed by atoms with Crippen LogP contribution in [0.2, 0.25) is 0 Å². The molecule has 2 aromatic rings. The average Bonchev–Trinajstić information content (AvgIpc) is 2.77. The SMILES string of the molecule is O=C(Nc1ccc(N2CCOCC2)cc1N1CCOCC1)c1ccc(F)c(F)c1. The molecule has 29 heavy (non-hydrogen) atoms. The van der Waals surface area contributed by atoms with E-state index in [9.17, 15) is 13.6 Å². The van der Waals surface area contributed by atoms with E-state index in [1.54, 1.807) is 0 Å². The summed E-state index contributed by atoms with van der Waals surface area (Å²) in [5.41, 5.74) is 2.63. The predicted octanol–water partition coefficient (Wildman–Crippen LogP) is 2.89. The number of ether oxygens (including phenoxy) is 2. The summed E-state index contributed by atoms with van der Waals surface area (Å²) in [5.74, 6) is -2.52. The van der Waals surface area contributed by atoms with Crippen LogP contribution in [0, 0.1) is 11.6 Å². The molecule has 2 aliphatic heterocycles. The fourth-order valence-corrected chi connectivity index (χ4v) is 3.54.